The van der Waals surface area contributed by atoms with Gasteiger partial charge in [0.25, 0.3) is 0 Å². The number of para-hydroxylation sites is 1. The van der Waals surface area contributed by atoms with Gasteiger partial charge in [-0.25, -0.2) is 4.79 Å². The first-order chi connectivity index (χ1) is 11.5. The Kier molecular flexibility index (Phi) is 4.88. The normalized spacial score (nSPS) is 23.2. The van der Waals surface area contributed by atoms with E-state index in [2.05, 4.69) is 20.1 Å². The molecule has 1 unspecified atom stereocenters. The average molecular weight is 325 g/mol. The largest absolute Gasteiger partial charge is 0.465 e. The molecule has 0 spiro atoms. The average Bonchev–Trinajstić information content (AvgIpc) is 2.59. The number of aliphatic imine (C=N–C) groups is 1. The molecule has 0 heterocycles. The molecular formula is C21H27NO2. The molecule has 0 aromatic heterocycles. The van der Waals surface area contributed by atoms with Crippen molar-refractivity contribution in [3.63, 3.8) is 0 Å². The summed E-state index contributed by atoms with van der Waals surface area (Å²) in [6.45, 7) is 4.74. The number of carbonyl (C=O) groups excluding carboxylic acids is 1. The van der Waals surface area contributed by atoms with Crippen molar-refractivity contribution in [2.24, 2.45) is 16.3 Å². The Bertz CT molecular complexity index is 681. The standard InChI is InChI=1S/C21H27NO2/c1-21(2)13-7-10-15-8-6-9-16(19(15)21)14-22-18-12-5-4-11-17(18)20(23)24-3/h4-5,11-12,14,16H,6-10,13H2,1-3H3. The molecule has 3 heteroatoms. The van der Waals surface area contributed by atoms with E-state index in [1.165, 1.54) is 39.2 Å². The molecule has 3 nitrogen and oxygen atoms in total. The molecule has 0 fully saturated rings. The van der Waals surface area contributed by atoms with Crippen molar-refractivity contribution in [1.82, 2.24) is 0 Å². The third-order valence-electron chi connectivity index (χ3n) is 5.46. The highest BCUT2D eigenvalue weighted by Gasteiger charge is 2.35. The summed E-state index contributed by atoms with van der Waals surface area (Å²) in [5.74, 6) is 0.0686. The Hall–Kier alpha value is -1.90. The van der Waals surface area contributed by atoms with Crippen LogP contribution < -0.4 is 0 Å². The lowest BCUT2D eigenvalue weighted by Gasteiger charge is -2.41. The highest BCUT2D eigenvalue weighted by Crippen LogP contribution is 2.48. The van der Waals surface area contributed by atoms with E-state index in [1.807, 2.05) is 18.2 Å². The summed E-state index contributed by atoms with van der Waals surface area (Å²) >= 11 is 0. The van der Waals surface area contributed by atoms with E-state index in [-0.39, 0.29) is 11.4 Å². The number of methoxy groups -OCH3 is 1. The van der Waals surface area contributed by atoms with Crippen LogP contribution in [0.3, 0.4) is 0 Å². The summed E-state index contributed by atoms with van der Waals surface area (Å²) in [6, 6.07) is 7.41. The molecule has 2 aliphatic carbocycles. The summed E-state index contributed by atoms with van der Waals surface area (Å²) in [7, 11) is 1.41. The van der Waals surface area contributed by atoms with Crippen molar-refractivity contribution >= 4 is 17.9 Å². The second-order valence-corrected chi connectivity index (χ2v) is 7.54. The van der Waals surface area contributed by atoms with Crippen molar-refractivity contribution in [2.45, 2.75) is 52.4 Å². The van der Waals surface area contributed by atoms with Crippen LogP contribution in [-0.4, -0.2) is 19.3 Å². The van der Waals surface area contributed by atoms with Gasteiger partial charge in [0.15, 0.2) is 0 Å². The molecule has 0 radical (unpaired) electrons. The van der Waals surface area contributed by atoms with Crippen LogP contribution >= 0.6 is 0 Å². The molecule has 0 aliphatic heterocycles. The molecule has 1 aromatic carbocycles. The van der Waals surface area contributed by atoms with Crippen LogP contribution in [0.25, 0.3) is 0 Å². The maximum atomic E-state index is 11.9. The molecule has 0 saturated heterocycles. The van der Waals surface area contributed by atoms with E-state index < -0.39 is 0 Å². The molecule has 0 amide bonds. The minimum atomic E-state index is -0.329. The van der Waals surface area contributed by atoms with Gasteiger partial charge in [-0.2, -0.15) is 0 Å². The van der Waals surface area contributed by atoms with E-state index >= 15 is 0 Å². The lowest BCUT2D eigenvalue weighted by atomic mass is 9.64. The summed E-state index contributed by atoms with van der Waals surface area (Å²) in [5.41, 5.74) is 4.77. The lowest BCUT2D eigenvalue weighted by molar-refractivity contribution is 0.0601. The summed E-state index contributed by atoms with van der Waals surface area (Å²) in [6.07, 6.45) is 9.54. The van der Waals surface area contributed by atoms with Crippen molar-refractivity contribution < 1.29 is 9.53 Å². The van der Waals surface area contributed by atoms with Gasteiger partial charge >= 0.3 is 5.97 Å². The zero-order valence-corrected chi connectivity index (χ0v) is 15.0. The van der Waals surface area contributed by atoms with Gasteiger partial charge in [-0.05, 0) is 56.1 Å². The van der Waals surface area contributed by atoms with Crippen LogP contribution in [-0.2, 0) is 4.74 Å². The van der Waals surface area contributed by atoms with Gasteiger partial charge in [-0.15, -0.1) is 0 Å². The van der Waals surface area contributed by atoms with Gasteiger partial charge < -0.3 is 4.74 Å². The van der Waals surface area contributed by atoms with Crippen LogP contribution in [0.2, 0.25) is 0 Å². The van der Waals surface area contributed by atoms with Gasteiger partial charge in [0, 0.05) is 12.1 Å². The smallest absolute Gasteiger partial charge is 0.340 e. The van der Waals surface area contributed by atoms with Crippen LogP contribution in [0.5, 0.6) is 0 Å². The fourth-order valence-electron chi connectivity index (χ4n) is 4.38. The quantitative estimate of drug-likeness (QED) is 0.419. The number of rotatable bonds is 3. The number of esters is 1. The van der Waals surface area contributed by atoms with Crippen LogP contribution in [0, 0.1) is 11.3 Å². The van der Waals surface area contributed by atoms with E-state index in [4.69, 9.17) is 9.73 Å². The molecule has 128 valence electrons. The number of benzene rings is 1. The molecule has 3 rings (SSSR count). The fourth-order valence-corrected chi connectivity index (χ4v) is 4.38. The first-order valence-electron chi connectivity index (χ1n) is 8.97. The Morgan fingerprint density at radius 3 is 2.79 bits per heavy atom. The molecule has 0 bridgehead atoms. The minimum Gasteiger partial charge on any atom is -0.465 e. The Balaban J connectivity index is 1.91. The fraction of sp³-hybridized carbons (Fsp3) is 0.524. The number of hydrogen-bond acceptors (Lipinski definition) is 3. The number of allylic oxidation sites excluding steroid dienone is 2. The Labute approximate surface area is 144 Å². The van der Waals surface area contributed by atoms with Crippen molar-refractivity contribution in [2.75, 3.05) is 7.11 Å². The summed E-state index contributed by atoms with van der Waals surface area (Å²) in [5, 5.41) is 0. The Morgan fingerprint density at radius 2 is 2.00 bits per heavy atom. The maximum Gasteiger partial charge on any atom is 0.340 e. The molecule has 0 N–H and O–H groups in total. The van der Waals surface area contributed by atoms with Crippen LogP contribution in [0.4, 0.5) is 5.69 Å². The topological polar surface area (TPSA) is 38.7 Å². The van der Waals surface area contributed by atoms with Gasteiger partial charge in [-0.1, -0.05) is 37.1 Å². The van der Waals surface area contributed by atoms with Crippen molar-refractivity contribution in [3.8, 4) is 0 Å². The highest BCUT2D eigenvalue weighted by atomic mass is 16.5. The van der Waals surface area contributed by atoms with Gasteiger partial charge in [0.2, 0.25) is 0 Å². The summed E-state index contributed by atoms with van der Waals surface area (Å²) in [4.78, 5) is 16.6. The predicted octanol–water partition coefficient (Wildman–Crippen LogP) is 5.48. The van der Waals surface area contributed by atoms with Crippen molar-refractivity contribution in [1.29, 1.82) is 0 Å². The van der Waals surface area contributed by atoms with Crippen LogP contribution in [0.1, 0.15) is 62.7 Å². The summed E-state index contributed by atoms with van der Waals surface area (Å²) < 4.78 is 4.87. The van der Waals surface area contributed by atoms with E-state index in [0.29, 0.717) is 17.2 Å². The zero-order chi connectivity index (χ0) is 17.2. The van der Waals surface area contributed by atoms with Crippen molar-refractivity contribution in [3.05, 3.63) is 41.0 Å². The molecule has 1 atom stereocenters. The number of hydrogen-bond donors (Lipinski definition) is 0. The maximum absolute atomic E-state index is 11.9. The number of nitrogens with zero attached hydrogens (tertiary/aromatic N) is 1. The SMILES string of the molecule is COC(=O)c1ccccc1N=CC1CCCC2=C1C(C)(C)CCC2. The predicted molar refractivity (Wildman–Crippen MR) is 97.9 cm³/mol. The van der Waals surface area contributed by atoms with Crippen LogP contribution in [0.15, 0.2) is 40.4 Å². The number of carbonyl (C=O) groups is 1. The lowest BCUT2D eigenvalue weighted by Crippen LogP contribution is -2.29. The zero-order valence-electron chi connectivity index (χ0n) is 15.0. The molecule has 1 aromatic rings. The molecule has 2 aliphatic rings. The first kappa shape index (κ1) is 16.9. The van der Waals surface area contributed by atoms with Gasteiger partial charge in [0.05, 0.1) is 18.4 Å². The van der Waals surface area contributed by atoms with E-state index in [1.54, 1.807) is 17.2 Å². The molecular weight excluding hydrogens is 298 g/mol. The van der Waals surface area contributed by atoms with Gasteiger partial charge in [-0.3, -0.25) is 4.99 Å². The first-order valence-corrected chi connectivity index (χ1v) is 8.97. The van der Waals surface area contributed by atoms with E-state index in [9.17, 15) is 4.79 Å². The van der Waals surface area contributed by atoms with E-state index in [0.717, 1.165) is 6.42 Å². The molecule has 0 saturated carbocycles. The second-order valence-electron chi connectivity index (χ2n) is 7.54. The highest BCUT2D eigenvalue weighted by molar-refractivity contribution is 5.95. The Morgan fingerprint density at radius 1 is 1.25 bits per heavy atom. The van der Waals surface area contributed by atoms with Gasteiger partial charge in [0.1, 0.15) is 0 Å². The monoisotopic (exact) mass is 325 g/mol. The second kappa shape index (κ2) is 6.92. The molecule has 24 heavy (non-hydrogen) atoms. The third-order valence-corrected chi connectivity index (χ3v) is 5.46. The minimum absolute atomic E-state index is 0.270. The number of ether oxygens (including phenoxy) is 1. The third kappa shape index (κ3) is 3.31.